The van der Waals surface area contributed by atoms with E-state index in [0.29, 0.717) is 6.61 Å². The smallest absolute Gasteiger partial charge is 0.338 e. The van der Waals surface area contributed by atoms with Crippen molar-refractivity contribution in [2.75, 3.05) is 6.61 Å². The van der Waals surface area contributed by atoms with Gasteiger partial charge < -0.3 is 9.84 Å². The van der Waals surface area contributed by atoms with E-state index in [1.807, 2.05) is 13.8 Å². The molecule has 0 saturated heterocycles. The van der Waals surface area contributed by atoms with Gasteiger partial charge in [0.1, 0.15) is 10.8 Å². The highest BCUT2D eigenvalue weighted by Crippen LogP contribution is 2.32. The van der Waals surface area contributed by atoms with Crippen molar-refractivity contribution in [1.82, 2.24) is 0 Å². The Morgan fingerprint density at radius 1 is 1.44 bits per heavy atom. The molecule has 1 aromatic rings. The van der Waals surface area contributed by atoms with Crippen molar-refractivity contribution in [2.24, 2.45) is 5.92 Å². The first-order valence-corrected chi connectivity index (χ1v) is 5.52. The maximum atomic E-state index is 11.5. The molecule has 0 fully saturated rings. The van der Waals surface area contributed by atoms with Crippen LogP contribution in [0.4, 0.5) is 0 Å². The molecule has 1 rings (SSSR count). The molecule has 0 unspecified atom stereocenters. The maximum Gasteiger partial charge on any atom is 0.338 e. The molecule has 0 aliphatic carbocycles. The van der Waals surface area contributed by atoms with Gasteiger partial charge >= 0.3 is 5.97 Å². The highest BCUT2D eigenvalue weighted by molar-refractivity contribution is 6.43. The van der Waals surface area contributed by atoms with Crippen LogP contribution in [0, 0.1) is 5.92 Å². The fourth-order valence-corrected chi connectivity index (χ4v) is 1.34. The molecule has 16 heavy (non-hydrogen) atoms. The Kier molecular flexibility index (Phi) is 4.44. The van der Waals surface area contributed by atoms with Crippen molar-refractivity contribution in [3.8, 4) is 5.75 Å². The third-order valence-corrected chi connectivity index (χ3v) is 2.58. The highest BCUT2D eigenvalue weighted by atomic mass is 35.5. The van der Waals surface area contributed by atoms with E-state index in [9.17, 15) is 9.90 Å². The number of phenolic OH excluding ortho intramolecular Hbond substituents is 1. The molecule has 1 N–H and O–H groups in total. The summed E-state index contributed by atoms with van der Waals surface area (Å²) in [5, 5.41) is 9.54. The van der Waals surface area contributed by atoms with Crippen LogP contribution in [0.5, 0.6) is 5.75 Å². The van der Waals surface area contributed by atoms with Crippen LogP contribution in [0.25, 0.3) is 0 Å². The summed E-state index contributed by atoms with van der Waals surface area (Å²) in [6.45, 7) is 4.18. The number of halogens is 2. The van der Waals surface area contributed by atoms with Gasteiger partial charge in [-0.25, -0.2) is 4.79 Å². The normalized spacial score (nSPS) is 10.6. The number of carbonyl (C=O) groups is 1. The van der Waals surface area contributed by atoms with Crippen LogP contribution in [-0.4, -0.2) is 17.7 Å². The average molecular weight is 263 g/mol. The van der Waals surface area contributed by atoms with Gasteiger partial charge in [0.05, 0.1) is 17.2 Å². The molecule has 0 bridgehead atoms. The largest absolute Gasteiger partial charge is 0.506 e. The molecule has 0 radical (unpaired) electrons. The molecule has 0 aliphatic heterocycles. The van der Waals surface area contributed by atoms with Crippen LogP contribution in [0.1, 0.15) is 24.2 Å². The van der Waals surface area contributed by atoms with E-state index in [1.165, 1.54) is 12.1 Å². The Balaban J connectivity index is 2.84. The maximum absolute atomic E-state index is 11.5. The van der Waals surface area contributed by atoms with E-state index in [0.717, 1.165) is 0 Å². The third-order valence-electron chi connectivity index (χ3n) is 1.79. The Hall–Kier alpha value is -0.930. The summed E-state index contributed by atoms with van der Waals surface area (Å²) in [7, 11) is 0. The van der Waals surface area contributed by atoms with Crippen LogP contribution in [0.2, 0.25) is 10.0 Å². The van der Waals surface area contributed by atoms with E-state index >= 15 is 0 Å². The number of esters is 1. The molecule has 0 aromatic heterocycles. The molecule has 1 aromatic carbocycles. The van der Waals surface area contributed by atoms with Gasteiger partial charge in [-0.15, -0.1) is 0 Å². The van der Waals surface area contributed by atoms with E-state index in [1.54, 1.807) is 0 Å². The van der Waals surface area contributed by atoms with Crippen molar-refractivity contribution in [3.05, 3.63) is 27.7 Å². The van der Waals surface area contributed by atoms with Gasteiger partial charge in [-0.05, 0) is 18.1 Å². The van der Waals surface area contributed by atoms with Crippen LogP contribution < -0.4 is 0 Å². The minimum Gasteiger partial charge on any atom is -0.506 e. The number of rotatable bonds is 3. The first-order chi connectivity index (χ1) is 7.41. The summed E-state index contributed by atoms with van der Waals surface area (Å²) in [6.07, 6.45) is 0. The summed E-state index contributed by atoms with van der Waals surface area (Å²) in [5.74, 6) is -0.506. The van der Waals surface area contributed by atoms with Gasteiger partial charge in [-0.3, -0.25) is 0 Å². The van der Waals surface area contributed by atoms with Crippen molar-refractivity contribution >= 4 is 29.2 Å². The molecule has 88 valence electrons. The zero-order valence-corrected chi connectivity index (χ0v) is 10.5. The summed E-state index contributed by atoms with van der Waals surface area (Å²) in [5.41, 5.74) is 0.188. The minimum atomic E-state index is -0.525. The van der Waals surface area contributed by atoms with Crippen molar-refractivity contribution < 1.29 is 14.6 Å². The first kappa shape index (κ1) is 13.1. The van der Waals surface area contributed by atoms with Gasteiger partial charge in [-0.1, -0.05) is 37.0 Å². The predicted molar refractivity (Wildman–Crippen MR) is 63.2 cm³/mol. The van der Waals surface area contributed by atoms with Gasteiger partial charge in [0.15, 0.2) is 0 Å². The Bertz CT molecular complexity index is 379. The van der Waals surface area contributed by atoms with E-state index in [-0.39, 0.29) is 27.3 Å². The summed E-state index contributed by atoms with van der Waals surface area (Å²) >= 11 is 11.4. The number of ether oxygens (including phenoxy) is 1. The lowest BCUT2D eigenvalue weighted by Crippen LogP contribution is -2.10. The van der Waals surface area contributed by atoms with Gasteiger partial charge in [0, 0.05) is 0 Å². The molecular formula is C11H12Cl2O3. The summed E-state index contributed by atoms with van der Waals surface area (Å²) in [6, 6.07) is 2.60. The highest BCUT2D eigenvalue weighted by Gasteiger charge is 2.13. The minimum absolute atomic E-state index is 0.0297. The number of hydrogen-bond donors (Lipinski definition) is 1. The molecule has 0 aliphatic rings. The zero-order valence-electron chi connectivity index (χ0n) is 8.96. The lowest BCUT2D eigenvalue weighted by molar-refractivity contribution is 0.0458. The van der Waals surface area contributed by atoms with E-state index in [2.05, 4.69) is 0 Å². The number of aromatic hydroxyl groups is 1. The fourth-order valence-electron chi connectivity index (χ4n) is 1.02. The van der Waals surface area contributed by atoms with Crippen molar-refractivity contribution in [3.63, 3.8) is 0 Å². The van der Waals surface area contributed by atoms with Crippen molar-refractivity contribution in [2.45, 2.75) is 13.8 Å². The molecule has 0 saturated carbocycles. The monoisotopic (exact) mass is 262 g/mol. The molecule has 5 heteroatoms. The molecule has 0 amide bonds. The number of carbonyl (C=O) groups excluding carboxylic acids is 1. The average Bonchev–Trinajstić information content (AvgIpc) is 2.21. The van der Waals surface area contributed by atoms with Crippen molar-refractivity contribution in [1.29, 1.82) is 0 Å². The second kappa shape index (κ2) is 5.41. The Morgan fingerprint density at radius 2 is 2.06 bits per heavy atom. The van der Waals surface area contributed by atoms with Crippen LogP contribution in [-0.2, 0) is 4.74 Å². The SMILES string of the molecule is CC(C)COC(=O)c1cc(O)c(Cl)c(Cl)c1. The molecule has 3 nitrogen and oxygen atoms in total. The van der Waals surface area contributed by atoms with Crippen LogP contribution >= 0.6 is 23.2 Å². The lowest BCUT2D eigenvalue weighted by Gasteiger charge is -2.08. The summed E-state index contributed by atoms with van der Waals surface area (Å²) in [4.78, 5) is 11.5. The third kappa shape index (κ3) is 3.29. The molecular weight excluding hydrogens is 251 g/mol. The first-order valence-electron chi connectivity index (χ1n) is 4.77. The second-order valence-corrected chi connectivity index (χ2v) is 4.57. The standard InChI is InChI=1S/C11H12Cl2O3/c1-6(2)5-16-11(15)7-3-8(12)10(13)9(14)4-7/h3-4,6,14H,5H2,1-2H3. The lowest BCUT2D eigenvalue weighted by atomic mass is 10.2. The second-order valence-electron chi connectivity index (χ2n) is 3.78. The van der Waals surface area contributed by atoms with Crippen LogP contribution in [0.3, 0.4) is 0 Å². The van der Waals surface area contributed by atoms with Gasteiger partial charge in [-0.2, -0.15) is 0 Å². The van der Waals surface area contributed by atoms with Crippen LogP contribution in [0.15, 0.2) is 12.1 Å². The number of phenols is 1. The Morgan fingerprint density at radius 3 is 2.56 bits per heavy atom. The number of hydrogen-bond acceptors (Lipinski definition) is 3. The Labute approximate surface area is 104 Å². The zero-order chi connectivity index (χ0) is 12.3. The summed E-state index contributed by atoms with van der Waals surface area (Å²) < 4.78 is 4.99. The molecule has 0 heterocycles. The fraction of sp³-hybridized carbons (Fsp3) is 0.364. The topological polar surface area (TPSA) is 46.5 Å². The number of benzene rings is 1. The molecule has 0 atom stereocenters. The van der Waals surface area contributed by atoms with Gasteiger partial charge in [0.25, 0.3) is 0 Å². The van der Waals surface area contributed by atoms with E-state index in [4.69, 9.17) is 27.9 Å². The molecule has 0 spiro atoms. The predicted octanol–water partition coefficient (Wildman–Crippen LogP) is 3.51. The van der Waals surface area contributed by atoms with E-state index < -0.39 is 5.97 Å². The quantitative estimate of drug-likeness (QED) is 0.849. The van der Waals surface area contributed by atoms with Gasteiger partial charge in [0.2, 0.25) is 0 Å².